The molecule has 0 aliphatic rings. The highest BCUT2D eigenvalue weighted by molar-refractivity contribution is 5.94. The van der Waals surface area contributed by atoms with E-state index in [1.54, 1.807) is 12.1 Å². The Hall–Kier alpha value is -1.45. The van der Waals surface area contributed by atoms with E-state index in [2.05, 4.69) is 9.99 Å². The highest BCUT2D eigenvalue weighted by Crippen LogP contribution is 1.98. The van der Waals surface area contributed by atoms with Gasteiger partial charge in [-0.2, -0.15) is 0 Å². The zero-order valence-electron chi connectivity index (χ0n) is 5.57. The molecule has 54 valence electrons. The van der Waals surface area contributed by atoms with Crippen LogP contribution in [0.1, 0.15) is 5.76 Å². The monoisotopic (exact) mass is 140 g/mol. The minimum absolute atomic E-state index is 0.243. The molecule has 1 aromatic heterocycles. The molecule has 0 saturated carbocycles. The molecule has 0 saturated heterocycles. The molecule has 1 rings (SSSR count). The lowest BCUT2D eigenvalue weighted by atomic mass is 10.4. The fraction of sp³-hybridized carbons (Fsp3) is 0.167. The van der Waals surface area contributed by atoms with E-state index in [1.165, 1.54) is 13.4 Å². The van der Waals surface area contributed by atoms with Crippen molar-refractivity contribution in [2.24, 2.45) is 10.9 Å². The maximum absolute atomic E-state index is 5.38. The van der Waals surface area contributed by atoms with E-state index in [-0.39, 0.29) is 5.84 Å². The van der Waals surface area contributed by atoms with Gasteiger partial charge in [-0.05, 0) is 12.1 Å². The van der Waals surface area contributed by atoms with Crippen LogP contribution in [0.25, 0.3) is 0 Å². The first-order chi connectivity index (χ1) is 4.84. The molecule has 0 aromatic carbocycles. The Morgan fingerprint density at radius 1 is 1.80 bits per heavy atom. The lowest BCUT2D eigenvalue weighted by Crippen LogP contribution is -2.12. The summed E-state index contributed by atoms with van der Waals surface area (Å²) in [6, 6.07) is 3.44. The van der Waals surface area contributed by atoms with Crippen molar-refractivity contribution in [1.29, 1.82) is 0 Å². The topological polar surface area (TPSA) is 60.8 Å². The second-order valence-electron chi connectivity index (χ2n) is 1.64. The molecular weight excluding hydrogens is 132 g/mol. The SMILES string of the molecule is CO/N=C(\N)c1ccco1. The minimum Gasteiger partial charge on any atom is -0.461 e. The average molecular weight is 140 g/mol. The Labute approximate surface area is 58.3 Å². The first-order valence-corrected chi connectivity index (χ1v) is 2.75. The Kier molecular flexibility index (Phi) is 1.94. The van der Waals surface area contributed by atoms with Crippen molar-refractivity contribution in [1.82, 2.24) is 0 Å². The molecule has 0 radical (unpaired) electrons. The average Bonchev–Trinajstić information content (AvgIpc) is 2.38. The molecule has 2 N–H and O–H groups in total. The number of rotatable bonds is 2. The number of furan rings is 1. The molecule has 0 spiro atoms. The van der Waals surface area contributed by atoms with Crippen LogP contribution in [0, 0.1) is 0 Å². The van der Waals surface area contributed by atoms with Crippen LogP contribution in [0.4, 0.5) is 0 Å². The summed E-state index contributed by atoms with van der Waals surface area (Å²) in [5, 5.41) is 3.47. The van der Waals surface area contributed by atoms with E-state index < -0.39 is 0 Å². The summed E-state index contributed by atoms with van der Waals surface area (Å²) in [5.74, 6) is 0.759. The highest BCUT2D eigenvalue weighted by Gasteiger charge is 1.99. The van der Waals surface area contributed by atoms with E-state index in [1.807, 2.05) is 0 Å². The fourth-order valence-electron chi connectivity index (χ4n) is 0.568. The van der Waals surface area contributed by atoms with E-state index in [0.717, 1.165) is 0 Å². The van der Waals surface area contributed by atoms with Crippen LogP contribution in [0.2, 0.25) is 0 Å². The Balaban J connectivity index is 2.77. The van der Waals surface area contributed by atoms with Gasteiger partial charge in [-0.15, -0.1) is 0 Å². The van der Waals surface area contributed by atoms with E-state index >= 15 is 0 Å². The van der Waals surface area contributed by atoms with E-state index in [0.29, 0.717) is 5.76 Å². The molecule has 0 aliphatic carbocycles. The number of nitrogens with two attached hydrogens (primary N) is 1. The molecule has 1 heterocycles. The van der Waals surface area contributed by atoms with Gasteiger partial charge in [-0.3, -0.25) is 0 Å². The minimum atomic E-state index is 0.243. The number of amidine groups is 1. The van der Waals surface area contributed by atoms with Gasteiger partial charge < -0.3 is 15.0 Å². The second kappa shape index (κ2) is 2.91. The number of hydrogen-bond donors (Lipinski definition) is 1. The van der Waals surface area contributed by atoms with Gasteiger partial charge in [0.25, 0.3) is 0 Å². The third kappa shape index (κ3) is 1.28. The van der Waals surface area contributed by atoms with Crippen LogP contribution >= 0.6 is 0 Å². The van der Waals surface area contributed by atoms with Crippen LogP contribution in [-0.2, 0) is 4.84 Å². The van der Waals surface area contributed by atoms with Gasteiger partial charge in [0, 0.05) is 0 Å². The van der Waals surface area contributed by atoms with Gasteiger partial charge in [0.1, 0.15) is 7.11 Å². The van der Waals surface area contributed by atoms with Crippen LogP contribution in [0.15, 0.2) is 28.0 Å². The summed E-state index contributed by atoms with van der Waals surface area (Å²) in [6.45, 7) is 0. The van der Waals surface area contributed by atoms with Crippen LogP contribution in [-0.4, -0.2) is 12.9 Å². The summed E-state index contributed by atoms with van der Waals surface area (Å²) in [5.41, 5.74) is 5.38. The summed E-state index contributed by atoms with van der Waals surface area (Å²) >= 11 is 0. The molecule has 0 atom stereocenters. The standard InChI is InChI=1S/C6H8N2O2/c1-9-8-6(7)5-3-2-4-10-5/h2-4H,1H3,(H2,7,8). The van der Waals surface area contributed by atoms with Crippen molar-refractivity contribution in [3.63, 3.8) is 0 Å². The zero-order chi connectivity index (χ0) is 7.40. The molecule has 0 unspecified atom stereocenters. The quantitative estimate of drug-likeness (QED) is 0.370. The normalized spacial score (nSPS) is 11.5. The maximum atomic E-state index is 5.38. The third-order valence-corrected chi connectivity index (χ3v) is 0.963. The number of nitrogens with zero attached hydrogens (tertiary/aromatic N) is 1. The predicted molar refractivity (Wildman–Crippen MR) is 36.4 cm³/mol. The van der Waals surface area contributed by atoms with Crippen molar-refractivity contribution < 1.29 is 9.25 Å². The van der Waals surface area contributed by atoms with Gasteiger partial charge in [0.05, 0.1) is 6.26 Å². The van der Waals surface area contributed by atoms with Gasteiger partial charge >= 0.3 is 0 Å². The molecule has 10 heavy (non-hydrogen) atoms. The first kappa shape index (κ1) is 6.67. The van der Waals surface area contributed by atoms with E-state index in [9.17, 15) is 0 Å². The number of oxime groups is 1. The first-order valence-electron chi connectivity index (χ1n) is 2.75. The Morgan fingerprint density at radius 3 is 3.10 bits per heavy atom. The van der Waals surface area contributed by atoms with E-state index in [4.69, 9.17) is 10.2 Å². The van der Waals surface area contributed by atoms with Crippen molar-refractivity contribution in [2.75, 3.05) is 7.11 Å². The second-order valence-corrected chi connectivity index (χ2v) is 1.64. The summed E-state index contributed by atoms with van der Waals surface area (Å²) in [7, 11) is 1.43. The highest BCUT2D eigenvalue weighted by atomic mass is 16.6. The van der Waals surface area contributed by atoms with Crippen LogP contribution < -0.4 is 5.73 Å². The lowest BCUT2D eigenvalue weighted by Gasteiger charge is -1.91. The van der Waals surface area contributed by atoms with Gasteiger partial charge in [-0.25, -0.2) is 0 Å². The van der Waals surface area contributed by atoms with Gasteiger partial charge in [0.2, 0.25) is 5.84 Å². The molecule has 1 aromatic rings. The molecule has 0 bridgehead atoms. The van der Waals surface area contributed by atoms with Gasteiger partial charge in [-0.1, -0.05) is 5.16 Å². The fourth-order valence-corrected chi connectivity index (χ4v) is 0.568. The maximum Gasteiger partial charge on any atom is 0.206 e. The molecule has 0 fully saturated rings. The summed E-state index contributed by atoms with van der Waals surface area (Å²) in [4.78, 5) is 4.43. The van der Waals surface area contributed by atoms with Crippen molar-refractivity contribution >= 4 is 5.84 Å². The van der Waals surface area contributed by atoms with Crippen molar-refractivity contribution in [2.45, 2.75) is 0 Å². The zero-order valence-corrected chi connectivity index (χ0v) is 5.57. The van der Waals surface area contributed by atoms with Crippen LogP contribution in [0.3, 0.4) is 0 Å². The Morgan fingerprint density at radius 2 is 2.60 bits per heavy atom. The molecular formula is C6H8N2O2. The molecule has 0 aliphatic heterocycles. The lowest BCUT2D eigenvalue weighted by molar-refractivity contribution is 0.212. The van der Waals surface area contributed by atoms with Crippen molar-refractivity contribution in [3.05, 3.63) is 24.2 Å². The smallest absolute Gasteiger partial charge is 0.206 e. The molecule has 0 amide bonds. The van der Waals surface area contributed by atoms with Crippen molar-refractivity contribution in [3.8, 4) is 0 Å². The third-order valence-electron chi connectivity index (χ3n) is 0.963. The predicted octanol–water partition coefficient (Wildman–Crippen LogP) is 0.546. The van der Waals surface area contributed by atoms with Crippen LogP contribution in [0.5, 0.6) is 0 Å². The largest absolute Gasteiger partial charge is 0.461 e. The molecule has 4 heteroatoms. The Bertz CT molecular complexity index is 216. The summed E-state index contributed by atoms with van der Waals surface area (Å²) < 4.78 is 4.91. The number of hydrogen-bond acceptors (Lipinski definition) is 3. The summed E-state index contributed by atoms with van der Waals surface area (Å²) in [6.07, 6.45) is 1.52. The van der Waals surface area contributed by atoms with Gasteiger partial charge in [0.15, 0.2) is 5.76 Å². The molecule has 4 nitrogen and oxygen atoms in total.